The Bertz CT molecular complexity index is 1370. The van der Waals surface area contributed by atoms with Crippen molar-refractivity contribution in [1.29, 1.82) is 0 Å². The Balaban J connectivity index is 1.16. The van der Waals surface area contributed by atoms with E-state index in [1.807, 2.05) is 0 Å². The maximum Gasteiger partial charge on any atom is 0.226 e. The average molecular weight is 549 g/mol. The normalized spacial score (nSPS) is 31.4. The van der Waals surface area contributed by atoms with Gasteiger partial charge < -0.3 is 24.6 Å². The van der Waals surface area contributed by atoms with Crippen molar-refractivity contribution in [3.05, 3.63) is 40.7 Å². The Kier molecular flexibility index (Phi) is 6.00. The summed E-state index contributed by atoms with van der Waals surface area (Å²) in [6, 6.07) is 3.66. The summed E-state index contributed by atoms with van der Waals surface area (Å²) in [7, 11) is 0. The fourth-order valence-corrected chi connectivity index (χ4v) is 6.44. The zero-order valence-corrected chi connectivity index (χ0v) is 21.2. The minimum absolute atomic E-state index is 0.00981. The summed E-state index contributed by atoms with van der Waals surface area (Å²) in [5, 5.41) is 21.5. The molecule has 3 saturated carbocycles. The molecule has 3 heterocycles. The Hall–Kier alpha value is -2.51. The molecule has 1 aromatic carbocycles. The number of hydrogen-bond acceptors (Lipinski definition) is 9. The zero-order valence-electron chi connectivity index (χ0n) is 20.4. The first kappa shape index (κ1) is 24.5. The summed E-state index contributed by atoms with van der Waals surface area (Å²) in [6.07, 6.45) is 4.16. The number of anilines is 1. The zero-order chi connectivity index (χ0) is 26.0. The molecule has 4 fully saturated rings. The van der Waals surface area contributed by atoms with Crippen LogP contribution in [0.5, 0.6) is 0 Å². The first-order valence-electron chi connectivity index (χ1n) is 13.0. The minimum Gasteiger partial charge on any atom is -0.394 e. The lowest BCUT2D eigenvalue weighted by Gasteiger charge is -2.26. The quantitative estimate of drug-likeness (QED) is 0.428. The lowest BCUT2D eigenvalue weighted by atomic mass is 10.1. The molecule has 0 amide bonds. The van der Waals surface area contributed by atoms with Gasteiger partial charge in [-0.15, -0.1) is 5.10 Å². The predicted molar refractivity (Wildman–Crippen MR) is 131 cm³/mol. The van der Waals surface area contributed by atoms with Gasteiger partial charge in [0.05, 0.1) is 25.4 Å². The van der Waals surface area contributed by atoms with Crippen LogP contribution in [0.3, 0.4) is 0 Å². The number of rotatable bonds is 7. The minimum atomic E-state index is -0.867. The van der Waals surface area contributed by atoms with Crippen LogP contribution in [0.25, 0.3) is 11.2 Å². The molecule has 7 rings (SSSR count). The van der Waals surface area contributed by atoms with Crippen LogP contribution in [0.2, 0.25) is 5.28 Å². The van der Waals surface area contributed by atoms with Crippen molar-refractivity contribution in [1.82, 2.24) is 25.0 Å². The van der Waals surface area contributed by atoms with Gasteiger partial charge in [-0.2, -0.15) is 9.97 Å². The highest BCUT2D eigenvalue weighted by molar-refractivity contribution is 6.28. The maximum absolute atomic E-state index is 13.7. The van der Waals surface area contributed by atoms with Crippen molar-refractivity contribution in [3.63, 3.8) is 0 Å². The monoisotopic (exact) mass is 548 g/mol. The molecule has 2 N–H and O–H groups in total. The molecule has 1 spiro atoms. The smallest absolute Gasteiger partial charge is 0.226 e. The summed E-state index contributed by atoms with van der Waals surface area (Å²) in [5.41, 5.74) is 1.63. The number of hydrogen-bond donors (Lipinski definition) is 2. The molecule has 6 atom stereocenters. The number of ether oxygens (including phenoxy) is 3. The molecule has 10 nitrogen and oxygen atoms in total. The van der Waals surface area contributed by atoms with Crippen LogP contribution in [0.4, 0.5) is 14.6 Å². The number of nitrogens with zero attached hydrogens (tertiary/aromatic N) is 5. The van der Waals surface area contributed by atoms with E-state index in [0.29, 0.717) is 29.0 Å². The molecule has 2 aromatic heterocycles. The van der Waals surface area contributed by atoms with Gasteiger partial charge in [-0.25, -0.2) is 13.5 Å². The summed E-state index contributed by atoms with van der Waals surface area (Å²) in [5.74, 6) is -1.90. The average Bonchev–Trinajstić information content (AvgIpc) is 3.26. The van der Waals surface area contributed by atoms with E-state index in [0.717, 1.165) is 38.2 Å². The Morgan fingerprint density at radius 1 is 1.13 bits per heavy atom. The Morgan fingerprint density at radius 2 is 1.95 bits per heavy atom. The molecular weight excluding hydrogens is 522 g/mol. The third-order valence-electron chi connectivity index (χ3n) is 8.13. The van der Waals surface area contributed by atoms with E-state index in [1.165, 1.54) is 6.07 Å². The van der Waals surface area contributed by atoms with E-state index in [-0.39, 0.29) is 54.8 Å². The van der Waals surface area contributed by atoms with E-state index >= 15 is 0 Å². The van der Waals surface area contributed by atoms with Crippen molar-refractivity contribution in [2.75, 3.05) is 18.5 Å². The van der Waals surface area contributed by atoms with Crippen molar-refractivity contribution < 1.29 is 28.1 Å². The van der Waals surface area contributed by atoms with Crippen LogP contribution in [0.15, 0.2) is 18.2 Å². The second-order valence-electron chi connectivity index (χ2n) is 10.5. The molecule has 0 unspecified atom stereocenters. The standard InChI is InChI=1S/C25H27ClF2N6O4/c26-24-30-22(29-16-10-13(16)12-3-4-14(27)15(28)9-12)19-23(31-24)34(33-32-19)17-11-18(36-8-7-35)21-20(17)37-25(38-21)5-1-2-6-25/h3-4,9,13,16-18,20-21,35H,1-2,5-8,10-11H2,(H,29,30,31)/t13-,16+,17+,18-,20-,21+/m0/s1. The molecule has 38 heavy (non-hydrogen) atoms. The molecule has 0 bridgehead atoms. The van der Waals surface area contributed by atoms with Gasteiger partial charge in [-0.05, 0) is 48.6 Å². The van der Waals surface area contributed by atoms with Crippen molar-refractivity contribution in [2.24, 2.45) is 0 Å². The van der Waals surface area contributed by atoms with Gasteiger partial charge in [0.2, 0.25) is 5.28 Å². The van der Waals surface area contributed by atoms with Crippen molar-refractivity contribution in [2.45, 2.75) is 80.6 Å². The second-order valence-corrected chi connectivity index (χ2v) is 10.9. The third kappa shape index (κ3) is 4.13. The van der Waals surface area contributed by atoms with Gasteiger partial charge in [0, 0.05) is 31.2 Å². The van der Waals surface area contributed by atoms with E-state index in [4.69, 9.17) is 25.8 Å². The predicted octanol–water partition coefficient (Wildman–Crippen LogP) is 3.50. The highest BCUT2D eigenvalue weighted by Gasteiger charge is 2.59. The number of nitrogens with one attached hydrogen (secondary N) is 1. The van der Waals surface area contributed by atoms with Gasteiger partial charge in [0.1, 0.15) is 12.2 Å². The number of halogens is 3. The maximum atomic E-state index is 13.7. The number of aliphatic hydroxyl groups is 1. The van der Waals surface area contributed by atoms with Gasteiger partial charge in [0.15, 0.2) is 34.4 Å². The molecule has 3 aromatic rings. The highest BCUT2D eigenvalue weighted by Crippen LogP contribution is 2.51. The van der Waals surface area contributed by atoms with E-state index < -0.39 is 17.4 Å². The molecular formula is C25H27ClF2N6O4. The highest BCUT2D eigenvalue weighted by atomic mass is 35.5. The summed E-state index contributed by atoms with van der Waals surface area (Å²) < 4.78 is 47.7. The molecule has 13 heteroatoms. The van der Waals surface area contributed by atoms with Gasteiger partial charge in [-0.3, -0.25) is 0 Å². The topological polar surface area (TPSA) is 116 Å². The lowest BCUT2D eigenvalue weighted by molar-refractivity contribution is -0.190. The van der Waals surface area contributed by atoms with Gasteiger partial charge >= 0.3 is 0 Å². The number of aliphatic hydroxyl groups excluding tert-OH is 1. The first-order chi connectivity index (χ1) is 18.4. The SMILES string of the molecule is OCCO[C@H]1C[C@@H](n2nnc3c(N[C@@H]4C[C@H]4c4ccc(F)c(F)c4)nc(Cl)nc32)[C@@H]2OC3(CCCC3)O[C@@H]21. The Morgan fingerprint density at radius 3 is 2.74 bits per heavy atom. The van der Waals surface area contributed by atoms with Crippen LogP contribution in [0.1, 0.15) is 56.0 Å². The number of benzene rings is 1. The molecule has 1 saturated heterocycles. The molecule has 202 valence electrons. The first-order valence-corrected chi connectivity index (χ1v) is 13.4. The molecule has 0 radical (unpaired) electrons. The van der Waals surface area contributed by atoms with Crippen LogP contribution in [-0.2, 0) is 14.2 Å². The van der Waals surface area contributed by atoms with E-state index in [2.05, 4.69) is 25.6 Å². The fraction of sp³-hybridized carbons (Fsp3) is 0.600. The summed E-state index contributed by atoms with van der Waals surface area (Å²) in [6.45, 7) is 0.124. The van der Waals surface area contributed by atoms with E-state index in [1.54, 1.807) is 10.7 Å². The Labute approximate surface area is 221 Å². The van der Waals surface area contributed by atoms with Gasteiger partial charge in [0.25, 0.3) is 0 Å². The van der Waals surface area contributed by atoms with Crippen molar-refractivity contribution in [3.8, 4) is 0 Å². The largest absolute Gasteiger partial charge is 0.394 e. The summed E-state index contributed by atoms with van der Waals surface area (Å²) in [4.78, 5) is 8.79. The van der Waals surface area contributed by atoms with Crippen LogP contribution in [0, 0.1) is 11.6 Å². The molecule has 1 aliphatic heterocycles. The van der Waals surface area contributed by atoms with Crippen LogP contribution < -0.4 is 5.32 Å². The molecule has 3 aliphatic carbocycles. The van der Waals surface area contributed by atoms with Crippen LogP contribution in [-0.4, -0.2) is 73.4 Å². The van der Waals surface area contributed by atoms with Crippen LogP contribution >= 0.6 is 11.6 Å². The second kappa shape index (κ2) is 9.30. The summed E-state index contributed by atoms with van der Waals surface area (Å²) >= 11 is 6.33. The molecule has 4 aliphatic rings. The van der Waals surface area contributed by atoms with Gasteiger partial charge in [-0.1, -0.05) is 11.3 Å². The lowest BCUT2D eigenvalue weighted by Crippen LogP contribution is -2.32. The van der Waals surface area contributed by atoms with Crippen molar-refractivity contribution >= 4 is 28.6 Å². The third-order valence-corrected chi connectivity index (χ3v) is 8.30. The number of fused-ring (bicyclic) bond motifs is 2. The fourth-order valence-electron chi connectivity index (χ4n) is 6.27. The number of aromatic nitrogens is 5. The van der Waals surface area contributed by atoms with E-state index in [9.17, 15) is 13.9 Å².